The van der Waals surface area contributed by atoms with Crippen molar-refractivity contribution in [3.63, 3.8) is 0 Å². The monoisotopic (exact) mass is 246 g/mol. The smallest absolute Gasteiger partial charge is 0.337 e. The van der Waals surface area contributed by atoms with Crippen LogP contribution in [-0.4, -0.2) is 20.9 Å². The van der Waals surface area contributed by atoms with Gasteiger partial charge in [-0.25, -0.2) is 4.79 Å². The van der Waals surface area contributed by atoms with Gasteiger partial charge in [0, 0.05) is 24.6 Å². The van der Waals surface area contributed by atoms with E-state index >= 15 is 0 Å². The third kappa shape index (κ3) is 2.27. The number of nitrogens with two attached hydrogens (primary N) is 1. The van der Waals surface area contributed by atoms with Gasteiger partial charge in [0.05, 0.1) is 16.9 Å². The Morgan fingerprint density at radius 3 is 2.78 bits per heavy atom. The number of benzene rings is 1. The standard InChI is InChI=1S/C12H14N4O2/c1-7-11(6-16(2)15-7)14-8-3-4-10(13)9(5-8)12(17)18/h3-6,14H,13H2,1-2H3,(H,17,18). The summed E-state index contributed by atoms with van der Waals surface area (Å²) in [6, 6.07) is 4.80. The number of aromatic nitrogens is 2. The zero-order chi connectivity index (χ0) is 13.3. The Kier molecular flexibility index (Phi) is 2.93. The Balaban J connectivity index is 2.32. The van der Waals surface area contributed by atoms with E-state index in [-0.39, 0.29) is 11.3 Å². The van der Waals surface area contributed by atoms with Crippen molar-refractivity contribution in [2.24, 2.45) is 7.05 Å². The number of anilines is 3. The van der Waals surface area contributed by atoms with Gasteiger partial charge >= 0.3 is 5.97 Å². The number of aromatic carboxylic acids is 1. The first-order valence-electron chi connectivity index (χ1n) is 5.37. The molecule has 0 unspecified atom stereocenters. The van der Waals surface area contributed by atoms with Crippen LogP contribution >= 0.6 is 0 Å². The predicted molar refractivity (Wildman–Crippen MR) is 69.0 cm³/mol. The maximum absolute atomic E-state index is 11.0. The first-order valence-corrected chi connectivity index (χ1v) is 5.37. The number of nitrogens with zero attached hydrogens (tertiary/aromatic N) is 2. The van der Waals surface area contributed by atoms with Crippen LogP contribution in [-0.2, 0) is 7.05 Å². The number of hydrogen-bond acceptors (Lipinski definition) is 4. The third-order valence-electron chi connectivity index (χ3n) is 2.58. The zero-order valence-corrected chi connectivity index (χ0v) is 10.1. The topological polar surface area (TPSA) is 93.2 Å². The van der Waals surface area contributed by atoms with Crippen molar-refractivity contribution in [2.45, 2.75) is 6.92 Å². The molecule has 1 aromatic heterocycles. The van der Waals surface area contributed by atoms with Gasteiger partial charge in [-0.3, -0.25) is 4.68 Å². The predicted octanol–water partition coefficient (Wildman–Crippen LogP) is 1.75. The fourth-order valence-corrected chi connectivity index (χ4v) is 1.70. The van der Waals surface area contributed by atoms with Gasteiger partial charge in [0.15, 0.2) is 0 Å². The summed E-state index contributed by atoms with van der Waals surface area (Å²) in [6.07, 6.45) is 1.83. The highest BCUT2D eigenvalue weighted by Gasteiger charge is 2.10. The molecule has 0 aliphatic heterocycles. The Morgan fingerprint density at radius 2 is 2.22 bits per heavy atom. The fraction of sp³-hybridized carbons (Fsp3) is 0.167. The molecule has 0 radical (unpaired) electrons. The molecule has 4 N–H and O–H groups in total. The molecule has 0 bridgehead atoms. The summed E-state index contributed by atoms with van der Waals surface area (Å²) in [6.45, 7) is 1.87. The zero-order valence-electron chi connectivity index (χ0n) is 10.1. The molecule has 1 heterocycles. The van der Waals surface area contributed by atoms with E-state index in [0.717, 1.165) is 11.4 Å². The highest BCUT2D eigenvalue weighted by Crippen LogP contribution is 2.23. The lowest BCUT2D eigenvalue weighted by molar-refractivity contribution is 0.0698. The Labute approximate surface area is 104 Å². The van der Waals surface area contributed by atoms with Gasteiger partial charge < -0.3 is 16.2 Å². The van der Waals surface area contributed by atoms with E-state index in [1.165, 1.54) is 6.07 Å². The van der Waals surface area contributed by atoms with Crippen molar-refractivity contribution in [3.8, 4) is 0 Å². The summed E-state index contributed by atoms with van der Waals surface area (Å²) in [5, 5.41) is 16.3. The normalized spacial score (nSPS) is 10.3. The summed E-state index contributed by atoms with van der Waals surface area (Å²) in [4.78, 5) is 11.0. The van der Waals surface area contributed by atoms with Crippen LogP contribution in [0.25, 0.3) is 0 Å². The molecular formula is C12H14N4O2. The minimum atomic E-state index is -1.04. The molecular weight excluding hydrogens is 232 g/mol. The van der Waals surface area contributed by atoms with Gasteiger partial charge in [-0.2, -0.15) is 5.10 Å². The third-order valence-corrected chi connectivity index (χ3v) is 2.58. The van der Waals surface area contributed by atoms with Gasteiger partial charge in [-0.15, -0.1) is 0 Å². The minimum Gasteiger partial charge on any atom is -0.478 e. The van der Waals surface area contributed by atoms with E-state index in [0.29, 0.717) is 5.69 Å². The molecule has 6 heteroatoms. The summed E-state index contributed by atoms with van der Waals surface area (Å²) < 4.78 is 1.69. The quantitative estimate of drug-likeness (QED) is 0.717. The number of carboxylic acids is 1. The Hall–Kier alpha value is -2.50. The number of hydrogen-bond donors (Lipinski definition) is 3. The van der Waals surface area contributed by atoms with E-state index in [9.17, 15) is 4.79 Å². The lowest BCUT2D eigenvalue weighted by atomic mass is 10.1. The second kappa shape index (κ2) is 4.40. The van der Waals surface area contributed by atoms with Crippen LogP contribution < -0.4 is 11.1 Å². The van der Waals surface area contributed by atoms with Crippen LogP contribution in [0.2, 0.25) is 0 Å². The van der Waals surface area contributed by atoms with Crippen molar-refractivity contribution in [1.29, 1.82) is 0 Å². The minimum absolute atomic E-state index is 0.0848. The SMILES string of the molecule is Cc1nn(C)cc1Nc1ccc(N)c(C(=O)O)c1. The highest BCUT2D eigenvalue weighted by molar-refractivity contribution is 5.95. The number of carbonyl (C=O) groups is 1. The lowest BCUT2D eigenvalue weighted by Gasteiger charge is -2.07. The van der Waals surface area contributed by atoms with Crippen LogP contribution in [0, 0.1) is 6.92 Å². The Morgan fingerprint density at radius 1 is 1.50 bits per heavy atom. The van der Waals surface area contributed by atoms with Gasteiger partial charge in [-0.05, 0) is 25.1 Å². The van der Waals surface area contributed by atoms with Crippen molar-refractivity contribution >= 4 is 23.0 Å². The molecule has 0 saturated heterocycles. The molecule has 0 fully saturated rings. The van der Waals surface area contributed by atoms with E-state index in [1.54, 1.807) is 16.8 Å². The molecule has 0 atom stereocenters. The van der Waals surface area contributed by atoms with Gasteiger partial charge in [0.25, 0.3) is 0 Å². The number of rotatable bonds is 3. The van der Waals surface area contributed by atoms with Gasteiger partial charge in [-0.1, -0.05) is 0 Å². The summed E-state index contributed by atoms with van der Waals surface area (Å²) >= 11 is 0. The summed E-state index contributed by atoms with van der Waals surface area (Å²) in [5.41, 5.74) is 8.26. The summed E-state index contributed by atoms with van der Waals surface area (Å²) in [5.74, 6) is -1.04. The highest BCUT2D eigenvalue weighted by atomic mass is 16.4. The maximum atomic E-state index is 11.0. The van der Waals surface area contributed by atoms with Crippen LogP contribution in [0.5, 0.6) is 0 Å². The number of nitrogen functional groups attached to an aromatic ring is 1. The average molecular weight is 246 g/mol. The van der Waals surface area contributed by atoms with Crippen LogP contribution in [0.15, 0.2) is 24.4 Å². The molecule has 2 aromatic rings. The molecule has 0 amide bonds. The number of aryl methyl sites for hydroxylation is 2. The molecule has 6 nitrogen and oxygen atoms in total. The number of carboxylic acid groups (broad SMARTS) is 1. The van der Waals surface area contributed by atoms with E-state index < -0.39 is 5.97 Å². The molecule has 94 valence electrons. The molecule has 0 spiro atoms. The van der Waals surface area contributed by atoms with Gasteiger partial charge in [0.2, 0.25) is 0 Å². The second-order valence-corrected chi connectivity index (χ2v) is 4.03. The first kappa shape index (κ1) is 12.0. The van der Waals surface area contributed by atoms with Crippen molar-refractivity contribution in [2.75, 3.05) is 11.1 Å². The first-order chi connectivity index (χ1) is 8.47. The van der Waals surface area contributed by atoms with Gasteiger partial charge in [0.1, 0.15) is 0 Å². The molecule has 1 aromatic carbocycles. The second-order valence-electron chi connectivity index (χ2n) is 4.03. The average Bonchev–Trinajstić information content (AvgIpc) is 2.60. The fourth-order valence-electron chi connectivity index (χ4n) is 1.70. The number of nitrogens with one attached hydrogen (secondary N) is 1. The molecule has 2 rings (SSSR count). The maximum Gasteiger partial charge on any atom is 0.337 e. The lowest BCUT2D eigenvalue weighted by Crippen LogP contribution is -2.03. The van der Waals surface area contributed by atoms with Crippen molar-refractivity contribution in [3.05, 3.63) is 35.7 Å². The van der Waals surface area contributed by atoms with Crippen molar-refractivity contribution in [1.82, 2.24) is 9.78 Å². The van der Waals surface area contributed by atoms with Crippen molar-refractivity contribution < 1.29 is 9.90 Å². The van der Waals surface area contributed by atoms with E-state index in [2.05, 4.69) is 10.4 Å². The largest absolute Gasteiger partial charge is 0.478 e. The molecule has 0 saturated carbocycles. The van der Waals surface area contributed by atoms with E-state index in [4.69, 9.17) is 10.8 Å². The van der Waals surface area contributed by atoms with Crippen LogP contribution in [0.3, 0.4) is 0 Å². The van der Waals surface area contributed by atoms with Crippen LogP contribution in [0.1, 0.15) is 16.1 Å². The molecule has 18 heavy (non-hydrogen) atoms. The molecule has 0 aliphatic rings. The molecule has 0 aliphatic carbocycles. The van der Waals surface area contributed by atoms with E-state index in [1.807, 2.05) is 20.2 Å². The Bertz CT molecular complexity index is 604. The summed E-state index contributed by atoms with van der Waals surface area (Å²) in [7, 11) is 1.82. The van der Waals surface area contributed by atoms with Crippen LogP contribution in [0.4, 0.5) is 17.1 Å².